The predicted octanol–water partition coefficient (Wildman–Crippen LogP) is 1.91. The normalized spacial score (nSPS) is 22.9. The van der Waals surface area contributed by atoms with Crippen LogP contribution in [0.5, 0.6) is 0 Å². The van der Waals surface area contributed by atoms with Gasteiger partial charge in [-0.1, -0.05) is 11.6 Å². The van der Waals surface area contributed by atoms with Gasteiger partial charge in [-0.2, -0.15) is 5.10 Å². The Morgan fingerprint density at radius 2 is 2.12 bits per heavy atom. The van der Waals surface area contributed by atoms with Crippen LogP contribution >= 0.6 is 23.8 Å². The molecule has 6 nitrogen and oxygen atoms in total. The molecule has 0 amide bonds. The summed E-state index contributed by atoms with van der Waals surface area (Å²) in [4.78, 5) is 9.17. The van der Waals surface area contributed by atoms with Gasteiger partial charge in [0.1, 0.15) is 5.69 Å². The summed E-state index contributed by atoms with van der Waals surface area (Å²) in [7, 11) is 0. The molecule has 0 bridgehead atoms. The molecule has 1 aromatic rings. The van der Waals surface area contributed by atoms with E-state index in [9.17, 15) is 0 Å². The third-order valence-corrected chi connectivity index (χ3v) is 5.31. The number of aromatic nitrogens is 1. The Hall–Kier alpha value is -1.44. The summed E-state index contributed by atoms with van der Waals surface area (Å²) in [6.45, 7) is 4.95. The van der Waals surface area contributed by atoms with Gasteiger partial charge < -0.3 is 10.2 Å². The summed E-state index contributed by atoms with van der Waals surface area (Å²) in [5.74, 6) is 0. The zero-order chi connectivity index (χ0) is 16.5. The lowest BCUT2D eigenvalue weighted by Crippen LogP contribution is -2.51. The van der Waals surface area contributed by atoms with Crippen LogP contribution in [0.1, 0.15) is 25.0 Å². The van der Waals surface area contributed by atoms with E-state index in [0.29, 0.717) is 10.1 Å². The summed E-state index contributed by atoms with van der Waals surface area (Å²) in [5.41, 5.74) is 5.76. The topological polar surface area (TPSA) is 55.8 Å². The molecule has 1 saturated heterocycles. The molecular formula is C16H21ClN6S. The lowest BCUT2D eigenvalue weighted by molar-refractivity contribution is 0.173. The van der Waals surface area contributed by atoms with E-state index < -0.39 is 0 Å². The van der Waals surface area contributed by atoms with Gasteiger partial charge in [0.2, 0.25) is 0 Å². The molecule has 2 fully saturated rings. The molecule has 1 aromatic heterocycles. The zero-order valence-corrected chi connectivity index (χ0v) is 15.0. The van der Waals surface area contributed by atoms with Gasteiger partial charge >= 0.3 is 0 Å². The van der Waals surface area contributed by atoms with E-state index in [1.54, 1.807) is 6.20 Å². The number of nitrogens with one attached hydrogen (secondary N) is 2. The van der Waals surface area contributed by atoms with Crippen LogP contribution in [0.15, 0.2) is 17.4 Å². The highest BCUT2D eigenvalue weighted by Gasteiger charge is 2.31. The first-order valence-corrected chi connectivity index (χ1v) is 9.24. The summed E-state index contributed by atoms with van der Waals surface area (Å²) in [6.07, 6.45) is 5.19. The van der Waals surface area contributed by atoms with Crippen molar-refractivity contribution in [3.63, 3.8) is 0 Å². The van der Waals surface area contributed by atoms with Gasteiger partial charge in [0.25, 0.3) is 0 Å². The van der Waals surface area contributed by atoms with E-state index in [4.69, 9.17) is 23.8 Å². The minimum Gasteiger partial charge on any atom is -0.383 e. The number of hydrazone groups is 1. The number of nitrogens with zero attached hydrogens (tertiary/aromatic N) is 4. The highest BCUT2D eigenvalue weighted by atomic mass is 35.5. The van der Waals surface area contributed by atoms with Gasteiger partial charge in [0.05, 0.1) is 16.4 Å². The van der Waals surface area contributed by atoms with Gasteiger partial charge in [0.15, 0.2) is 5.11 Å². The second kappa shape index (κ2) is 6.82. The molecule has 24 heavy (non-hydrogen) atoms. The number of halogens is 1. The lowest BCUT2D eigenvalue weighted by atomic mass is 10.1. The maximum absolute atomic E-state index is 6.00. The van der Waals surface area contributed by atoms with Crippen LogP contribution in [-0.4, -0.2) is 64.4 Å². The van der Waals surface area contributed by atoms with Crippen molar-refractivity contribution in [2.45, 2.75) is 25.3 Å². The quantitative estimate of drug-likeness (QED) is 0.617. The smallest absolute Gasteiger partial charge is 0.189 e. The van der Waals surface area contributed by atoms with Gasteiger partial charge in [-0.25, -0.2) is 0 Å². The Morgan fingerprint density at radius 1 is 1.33 bits per heavy atom. The van der Waals surface area contributed by atoms with Crippen molar-refractivity contribution >= 4 is 40.3 Å². The van der Waals surface area contributed by atoms with Gasteiger partial charge in [-0.3, -0.25) is 15.3 Å². The molecule has 2 aliphatic heterocycles. The maximum atomic E-state index is 6.00. The Morgan fingerprint density at radius 3 is 2.88 bits per heavy atom. The molecule has 128 valence electrons. The van der Waals surface area contributed by atoms with Crippen LogP contribution in [0, 0.1) is 0 Å². The van der Waals surface area contributed by atoms with Crippen LogP contribution in [0.4, 0.5) is 5.69 Å². The minimum atomic E-state index is 0.625. The molecule has 0 unspecified atom stereocenters. The first-order valence-electron chi connectivity index (χ1n) is 8.46. The molecule has 2 N–H and O–H groups in total. The van der Waals surface area contributed by atoms with Crippen molar-refractivity contribution in [1.29, 1.82) is 0 Å². The van der Waals surface area contributed by atoms with Crippen LogP contribution < -0.4 is 10.7 Å². The number of thiocarbonyl (C=S) groups is 1. The summed E-state index contributed by atoms with van der Waals surface area (Å²) in [6, 6.07) is 2.71. The Kier molecular flexibility index (Phi) is 4.56. The van der Waals surface area contributed by atoms with E-state index >= 15 is 0 Å². The van der Waals surface area contributed by atoms with Crippen molar-refractivity contribution in [2.75, 3.05) is 38.0 Å². The average Bonchev–Trinajstić information content (AvgIpc) is 3.44. The molecule has 1 saturated carbocycles. The molecule has 0 radical (unpaired) electrons. The third-order valence-electron chi connectivity index (χ3n) is 4.76. The molecule has 1 aliphatic carbocycles. The second-order valence-corrected chi connectivity index (χ2v) is 7.28. The fraction of sp³-hybridized carbons (Fsp3) is 0.562. The van der Waals surface area contributed by atoms with Crippen LogP contribution in [0.25, 0.3) is 0 Å². The first kappa shape index (κ1) is 16.1. The molecule has 4 rings (SSSR count). The highest BCUT2D eigenvalue weighted by Crippen LogP contribution is 2.27. The number of fused-ring (bicyclic) bond motifs is 1. The van der Waals surface area contributed by atoms with Crippen LogP contribution in [-0.2, 0) is 0 Å². The van der Waals surface area contributed by atoms with Crippen molar-refractivity contribution in [3.8, 4) is 0 Å². The van der Waals surface area contributed by atoms with E-state index in [-0.39, 0.29) is 0 Å². The first-order chi connectivity index (χ1) is 11.7. The SMILES string of the molecule is S=C(N/N=C1/CCNc2cc(Cl)cnc21)N1CCN(C2CC2)CC1. The van der Waals surface area contributed by atoms with Gasteiger partial charge in [0, 0.05) is 51.4 Å². The number of anilines is 1. The van der Waals surface area contributed by atoms with Gasteiger partial charge in [-0.15, -0.1) is 0 Å². The number of pyridine rings is 1. The minimum absolute atomic E-state index is 0.625. The molecule has 0 atom stereocenters. The molecule has 0 aromatic carbocycles. The largest absolute Gasteiger partial charge is 0.383 e. The summed E-state index contributed by atoms with van der Waals surface area (Å²) in [5, 5.41) is 9.15. The van der Waals surface area contributed by atoms with E-state index in [2.05, 4.69) is 30.6 Å². The standard InChI is InChI=1S/C16H21ClN6S/c17-11-9-14-15(19-10-11)13(3-4-18-14)20-21-16(24)23-7-5-22(6-8-23)12-1-2-12/h9-10,12,18H,1-8H2,(H,21,24)/b20-13-. The van der Waals surface area contributed by atoms with Crippen LogP contribution in [0.3, 0.4) is 0 Å². The Labute approximate surface area is 152 Å². The van der Waals surface area contributed by atoms with Crippen molar-refractivity contribution in [2.24, 2.45) is 5.10 Å². The Balaban J connectivity index is 1.38. The number of rotatable bonds is 2. The van der Waals surface area contributed by atoms with E-state index in [1.807, 2.05) is 6.07 Å². The van der Waals surface area contributed by atoms with E-state index in [0.717, 1.165) is 62.3 Å². The highest BCUT2D eigenvalue weighted by molar-refractivity contribution is 7.80. The number of piperazine rings is 1. The fourth-order valence-corrected chi connectivity index (χ4v) is 3.65. The Bertz CT molecular complexity index is 667. The van der Waals surface area contributed by atoms with Gasteiger partial charge in [-0.05, 0) is 31.1 Å². The van der Waals surface area contributed by atoms with Crippen molar-refractivity contribution < 1.29 is 0 Å². The number of hydrogen-bond donors (Lipinski definition) is 2. The van der Waals surface area contributed by atoms with Crippen molar-refractivity contribution in [1.82, 2.24) is 20.2 Å². The monoisotopic (exact) mass is 364 g/mol. The second-order valence-electron chi connectivity index (χ2n) is 6.46. The predicted molar refractivity (Wildman–Crippen MR) is 101 cm³/mol. The van der Waals surface area contributed by atoms with Crippen LogP contribution in [0.2, 0.25) is 5.02 Å². The zero-order valence-electron chi connectivity index (χ0n) is 13.5. The van der Waals surface area contributed by atoms with Crippen molar-refractivity contribution in [3.05, 3.63) is 23.0 Å². The maximum Gasteiger partial charge on any atom is 0.189 e. The van der Waals surface area contributed by atoms with E-state index in [1.165, 1.54) is 12.8 Å². The fourth-order valence-electron chi connectivity index (χ4n) is 3.26. The molecular weight excluding hydrogens is 344 g/mol. The third kappa shape index (κ3) is 3.48. The number of hydrogen-bond acceptors (Lipinski definition) is 5. The molecule has 8 heteroatoms. The summed E-state index contributed by atoms with van der Waals surface area (Å²) >= 11 is 11.5. The molecule has 3 heterocycles. The molecule has 0 spiro atoms. The molecule has 3 aliphatic rings. The lowest BCUT2D eigenvalue weighted by Gasteiger charge is -2.35. The average molecular weight is 365 g/mol. The summed E-state index contributed by atoms with van der Waals surface area (Å²) < 4.78 is 0.